The van der Waals surface area contributed by atoms with E-state index in [9.17, 15) is 9.59 Å². The molecule has 1 aliphatic carbocycles. The third-order valence-electron chi connectivity index (χ3n) is 10.9. The molecule has 2 bridgehead atoms. The molecule has 5 heterocycles. The van der Waals surface area contributed by atoms with Crippen LogP contribution in [0.3, 0.4) is 0 Å². The number of amides is 2. The highest BCUT2D eigenvalue weighted by Crippen LogP contribution is 2.50. The van der Waals surface area contributed by atoms with E-state index < -0.39 is 11.2 Å². The Bertz CT molecular complexity index is 2400. The maximum Gasteiger partial charge on any atom is 0.411 e. The largest absolute Gasteiger partial charge is 0.444 e. The molecular weight excluding hydrogens is 685 g/mol. The number of nitrogens with zero attached hydrogens (tertiary/aromatic N) is 4. The third kappa shape index (κ3) is 6.22. The van der Waals surface area contributed by atoms with Gasteiger partial charge in [-0.2, -0.15) is 0 Å². The van der Waals surface area contributed by atoms with Gasteiger partial charge in [-0.1, -0.05) is 30.3 Å². The molecule has 6 aromatic rings. The van der Waals surface area contributed by atoms with Gasteiger partial charge in [0.15, 0.2) is 0 Å². The Labute approximate surface area is 312 Å². The molecule has 1 saturated carbocycles. The van der Waals surface area contributed by atoms with Gasteiger partial charge in [0.2, 0.25) is 0 Å². The third-order valence-corrected chi connectivity index (χ3v) is 12.0. The summed E-state index contributed by atoms with van der Waals surface area (Å²) in [4.78, 5) is 46.8. The number of aromatic amines is 2. The molecule has 4 atom stereocenters. The lowest BCUT2D eigenvalue weighted by Gasteiger charge is -2.35. The van der Waals surface area contributed by atoms with Gasteiger partial charge in [0.25, 0.3) is 0 Å². The molecule has 53 heavy (non-hydrogen) atoms. The van der Waals surface area contributed by atoms with E-state index in [1.165, 1.54) is 20.2 Å². The molecule has 10 nitrogen and oxygen atoms in total. The van der Waals surface area contributed by atoms with Crippen molar-refractivity contribution in [2.75, 3.05) is 6.54 Å². The van der Waals surface area contributed by atoms with Gasteiger partial charge in [0, 0.05) is 38.3 Å². The van der Waals surface area contributed by atoms with Gasteiger partial charge in [-0.05, 0) is 115 Å². The van der Waals surface area contributed by atoms with E-state index in [0.29, 0.717) is 12.5 Å². The van der Waals surface area contributed by atoms with Crippen molar-refractivity contribution in [2.24, 2.45) is 5.92 Å². The van der Waals surface area contributed by atoms with E-state index in [2.05, 4.69) is 64.6 Å². The molecule has 2 aliphatic heterocycles. The minimum Gasteiger partial charge on any atom is -0.444 e. The average Bonchev–Trinajstić information content (AvgIpc) is 3.95. The number of benzene rings is 3. The molecule has 0 radical (unpaired) electrons. The first-order valence-corrected chi connectivity index (χ1v) is 19.6. The fourth-order valence-corrected chi connectivity index (χ4v) is 9.82. The summed E-state index contributed by atoms with van der Waals surface area (Å²) in [5.41, 5.74) is 5.03. The number of rotatable bonds is 4. The molecule has 3 fully saturated rings. The summed E-state index contributed by atoms with van der Waals surface area (Å²) in [6, 6.07) is 19.6. The minimum absolute atomic E-state index is 0.0952. The van der Waals surface area contributed by atoms with Gasteiger partial charge < -0.3 is 19.4 Å². The first-order chi connectivity index (χ1) is 25.3. The molecule has 3 aliphatic rings. The molecule has 0 unspecified atom stereocenters. The van der Waals surface area contributed by atoms with Gasteiger partial charge in [-0.25, -0.2) is 19.6 Å². The molecule has 3 aromatic carbocycles. The van der Waals surface area contributed by atoms with Crippen molar-refractivity contribution in [3.63, 3.8) is 0 Å². The lowest BCUT2D eigenvalue weighted by molar-refractivity contribution is 0.00616. The summed E-state index contributed by atoms with van der Waals surface area (Å²) in [7, 11) is 0. The average molecular weight is 731 g/mol. The highest BCUT2D eigenvalue weighted by atomic mass is 32.1. The number of carbonyl (C=O) groups excluding carboxylic acids is 2. The second-order valence-electron chi connectivity index (χ2n) is 17.0. The quantitative estimate of drug-likeness (QED) is 0.186. The van der Waals surface area contributed by atoms with E-state index in [-0.39, 0.29) is 30.3 Å². The number of nitrogens with one attached hydrogen (secondary N) is 2. The molecule has 3 aromatic heterocycles. The smallest absolute Gasteiger partial charge is 0.411 e. The first-order valence-electron chi connectivity index (χ1n) is 18.8. The van der Waals surface area contributed by atoms with Gasteiger partial charge in [0.1, 0.15) is 22.9 Å². The fraction of sp³-hybridized carbons (Fsp3) is 0.429. The lowest BCUT2D eigenvalue weighted by Crippen LogP contribution is -2.43. The minimum atomic E-state index is -0.544. The summed E-state index contributed by atoms with van der Waals surface area (Å²) in [5.74, 6) is 2.03. The fourth-order valence-electron chi connectivity index (χ4n) is 8.63. The maximum atomic E-state index is 13.3. The maximum absolute atomic E-state index is 13.3. The van der Waals surface area contributed by atoms with Crippen LogP contribution in [0.5, 0.6) is 0 Å². The summed E-state index contributed by atoms with van der Waals surface area (Å²) in [6.45, 7) is 12.1. The first kappa shape index (κ1) is 33.9. The lowest BCUT2D eigenvalue weighted by atomic mass is 9.98. The van der Waals surface area contributed by atoms with Crippen molar-refractivity contribution in [3.8, 4) is 22.4 Å². The SMILES string of the molecule is CC(C)(C)OC(=O)N1CCC[C@H]1c1ncc(-c2ccc3c(c2)sc2cc(-c4ccc5nc([C@@H]6[C@H]7CC[C@H](C7)N6C(=O)OC(C)(C)C)[nH]c5c4)ccc23)[nH]1. The Kier molecular flexibility index (Phi) is 7.89. The van der Waals surface area contributed by atoms with Crippen LogP contribution in [0.2, 0.25) is 0 Å². The van der Waals surface area contributed by atoms with E-state index in [1.807, 2.05) is 52.6 Å². The van der Waals surface area contributed by atoms with Crippen molar-refractivity contribution >= 4 is 54.7 Å². The molecule has 2 saturated heterocycles. The number of H-pyrrole nitrogens is 2. The molecular formula is C42H46N6O4S. The summed E-state index contributed by atoms with van der Waals surface area (Å²) < 4.78 is 13.9. The van der Waals surface area contributed by atoms with E-state index in [0.717, 1.165) is 77.2 Å². The predicted octanol–water partition coefficient (Wildman–Crippen LogP) is 10.5. The van der Waals surface area contributed by atoms with Crippen LogP contribution in [0.4, 0.5) is 9.59 Å². The zero-order valence-corrected chi connectivity index (χ0v) is 32.0. The van der Waals surface area contributed by atoms with Crippen molar-refractivity contribution in [1.82, 2.24) is 29.7 Å². The van der Waals surface area contributed by atoms with Crippen molar-refractivity contribution in [3.05, 3.63) is 72.4 Å². The van der Waals surface area contributed by atoms with Crippen LogP contribution in [0.1, 0.15) is 97.4 Å². The van der Waals surface area contributed by atoms with Crippen LogP contribution in [-0.4, -0.2) is 65.7 Å². The monoisotopic (exact) mass is 730 g/mol. The summed E-state index contributed by atoms with van der Waals surface area (Å²) >= 11 is 1.79. The predicted molar refractivity (Wildman–Crippen MR) is 209 cm³/mol. The second kappa shape index (κ2) is 12.3. The number of likely N-dealkylation sites (tertiary alicyclic amines) is 2. The Morgan fingerprint density at radius 3 is 2.23 bits per heavy atom. The molecule has 2 N–H and O–H groups in total. The standard InChI is InChI=1S/C42H46N6O4S/c1-41(2,3)51-39(49)47-17-7-8-33(47)37-43-22-32(46-37)25-11-15-29-28-14-10-24(20-34(28)53-35(29)21-25)23-12-16-30-31(19-23)45-38(44-30)36-26-9-13-27(18-26)48(36)40(50)52-42(4,5)6/h10-12,14-16,19-22,26-27,33,36H,7-9,13,17-18H2,1-6H3,(H,43,46)(H,44,45)/t26-,27+,33-,36-/m0/s1. The number of aromatic nitrogens is 4. The van der Waals surface area contributed by atoms with Crippen LogP contribution in [0.25, 0.3) is 53.6 Å². The number of piperidine rings is 1. The van der Waals surface area contributed by atoms with E-state index in [4.69, 9.17) is 19.4 Å². The number of imidazole rings is 2. The zero-order valence-electron chi connectivity index (χ0n) is 31.2. The van der Waals surface area contributed by atoms with Crippen LogP contribution >= 0.6 is 11.3 Å². The van der Waals surface area contributed by atoms with Crippen molar-refractivity contribution in [2.45, 2.75) is 103 Å². The second-order valence-corrected chi connectivity index (χ2v) is 18.0. The van der Waals surface area contributed by atoms with Crippen molar-refractivity contribution in [1.29, 1.82) is 0 Å². The Morgan fingerprint density at radius 2 is 1.47 bits per heavy atom. The van der Waals surface area contributed by atoms with Crippen LogP contribution in [0, 0.1) is 5.92 Å². The number of carbonyl (C=O) groups is 2. The van der Waals surface area contributed by atoms with E-state index >= 15 is 0 Å². The van der Waals surface area contributed by atoms with Gasteiger partial charge in [-0.3, -0.25) is 9.80 Å². The Hall–Kier alpha value is -4.90. The number of thiophene rings is 1. The van der Waals surface area contributed by atoms with Gasteiger partial charge in [-0.15, -0.1) is 11.3 Å². The highest BCUT2D eigenvalue weighted by Gasteiger charge is 2.51. The molecule has 274 valence electrons. The Balaban J connectivity index is 0.969. The van der Waals surface area contributed by atoms with E-state index in [1.54, 1.807) is 16.2 Å². The summed E-state index contributed by atoms with van der Waals surface area (Å²) in [6.07, 6.45) is 6.23. The number of ether oxygens (including phenoxy) is 2. The Morgan fingerprint density at radius 1 is 0.792 bits per heavy atom. The molecule has 0 spiro atoms. The van der Waals surface area contributed by atoms with Crippen LogP contribution in [0.15, 0.2) is 60.8 Å². The number of hydrogen-bond donors (Lipinski definition) is 2. The number of fused-ring (bicyclic) bond motifs is 6. The van der Waals surface area contributed by atoms with Gasteiger partial charge >= 0.3 is 12.2 Å². The molecule has 11 heteroatoms. The highest BCUT2D eigenvalue weighted by molar-refractivity contribution is 7.25. The zero-order chi connectivity index (χ0) is 36.8. The topological polar surface area (TPSA) is 116 Å². The van der Waals surface area contributed by atoms with Crippen LogP contribution < -0.4 is 0 Å². The molecule has 9 rings (SSSR count). The summed E-state index contributed by atoms with van der Waals surface area (Å²) in [5, 5.41) is 2.45. The van der Waals surface area contributed by atoms with Crippen LogP contribution in [-0.2, 0) is 9.47 Å². The van der Waals surface area contributed by atoms with Gasteiger partial charge in [0.05, 0.1) is 35.0 Å². The molecule has 2 amide bonds. The normalized spacial score (nSPS) is 21.8. The number of hydrogen-bond acceptors (Lipinski definition) is 7. The van der Waals surface area contributed by atoms with Crippen molar-refractivity contribution < 1.29 is 19.1 Å².